The number of carbonyl (C=O) groups excluding carboxylic acids is 3. The van der Waals surface area contributed by atoms with Gasteiger partial charge in [-0.15, -0.1) is 0 Å². The maximum Gasteiger partial charge on any atom is 0.249 e. The second kappa shape index (κ2) is 11.1. The average molecular weight is 550 g/mol. The standard InChI is InChI=1S/C32H43N3O5/c1-5-7-11-18-33-19-13-17-32-26(29(38)35(27(32)30(33)39)24(21-36)22(3)4)25-28(37)34(23-14-9-8-10-15-23)20-12-16-31(25,6-2)40-32/h8-10,12-17,22,24-27,36H,5-7,11,18-21H2,1-4H3/t24-,25+,26-,27?,31-,32-/m0/s1. The van der Waals surface area contributed by atoms with Gasteiger partial charge in [-0.25, -0.2) is 0 Å². The summed E-state index contributed by atoms with van der Waals surface area (Å²) in [5, 5.41) is 10.5. The highest BCUT2D eigenvalue weighted by atomic mass is 16.5. The highest BCUT2D eigenvalue weighted by Crippen LogP contribution is 2.59. The molecule has 1 N–H and O–H groups in total. The number of likely N-dealkylation sites (tertiary alicyclic amines) is 1. The van der Waals surface area contributed by atoms with E-state index >= 15 is 0 Å². The van der Waals surface area contributed by atoms with Crippen molar-refractivity contribution >= 4 is 23.4 Å². The van der Waals surface area contributed by atoms with Gasteiger partial charge in [0.25, 0.3) is 0 Å². The van der Waals surface area contributed by atoms with Crippen LogP contribution >= 0.6 is 0 Å². The molecule has 2 saturated heterocycles. The van der Waals surface area contributed by atoms with Crippen molar-refractivity contribution in [2.45, 2.75) is 76.7 Å². The number of unbranched alkanes of at least 4 members (excludes halogenated alkanes) is 2. The second-order valence-corrected chi connectivity index (χ2v) is 11.9. The lowest BCUT2D eigenvalue weighted by Crippen LogP contribution is -2.59. The fraction of sp³-hybridized carbons (Fsp3) is 0.594. The minimum absolute atomic E-state index is 0.0973. The number of benzene rings is 1. The van der Waals surface area contributed by atoms with E-state index in [0.717, 1.165) is 24.9 Å². The minimum atomic E-state index is -1.31. The van der Waals surface area contributed by atoms with E-state index in [2.05, 4.69) is 6.92 Å². The van der Waals surface area contributed by atoms with Gasteiger partial charge in [0, 0.05) is 25.3 Å². The number of nitrogens with zero attached hydrogens (tertiary/aromatic N) is 3. The summed E-state index contributed by atoms with van der Waals surface area (Å²) in [6.07, 6.45) is 11.1. The number of carbonyl (C=O) groups is 3. The number of hydrogen-bond acceptors (Lipinski definition) is 5. The number of anilines is 1. The second-order valence-electron chi connectivity index (χ2n) is 11.9. The van der Waals surface area contributed by atoms with Crippen molar-refractivity contribution in [3.63, 3.8) is 0 Å². The van der Waals surface area contributed by atoms with E-state index in [9.17, 15) is 19.5 Å². The summed E-state index contributed by atoms with van der Waals surface area (Å²) in [6.45, 7) is 9.10. The Bertz CT molecular complexity index is 1180. The molecule has 8 heteroatoms. The van der Waals surface area contributed by atoms with Gasteiger partial charge in [-0.2, -0.15) is 0 Å². The largest absolute Gasteiger partial charge is 0.394 e. The van der Waals surface area contributed by atoms with Crippen LogP contribution in [0.5, 0.6) is 0 Å². The van der Waals surface area contributed by atoms with Crippen LogP contribution in [0.2, 0.25) is 0 Å². The third-order valence-electron chi connectivity index (χ3n) is 9.37. The lowest BCUT2D eigenvalue weighted by Gasteiger charge is -2.41. The van der Waals surface area contributed by atoms with Crippen LogP contribution in [0.15, 0.2) is 54.6 Å². The first-order chi connectivity index (χ1) is 19.3. The molecule has 5 rings (SSSR count). The molecule has 1 aromatic rings. The Morgan fingerprint density at radius 1 is 0.950 bits per heavy atom. The molecule has 1 aromatic carbocycles. The van der Waals surface area contributed by atoms with Gasteiger partial charge in [0.2, 0.25) is 17.7 Å². The zero-order chi connectivity index (χ0) is 28.7. The first kappa shape index (κ1) is 28.6. The number of hydrogen-bond donors (Lipinski definition) is 1. The molecule has 3 amide bonds. The van der Waals surface area contributed by atoms with E-state index in [4.69, 9.17) is 4.74 Å². The molecular weight excluding hydrogens is 506 g/mol. The Balaban J connectivity index is 1.65. The van der Waals surface area contributed by atoms with Crippen LogP contribution in [0.1, 0.15) is 53.4 Å². The molecule has 8 nitrogen and oxygen atoms in total. The number of aliphatic hydroxyl groups excluding tert-OH is 1. The summed E-state index contributed by atoms with van der Waals surface area (Å²) in [6, 6.07) is 7.95. The third kappa shape index (κ3) is 4.31. The molecule has 216 valence electrons. The minimum Gasteiger partial charge on any atom is -0.394 e. The summed E-state index contributed by atoms with van der Waals surface area (Å²) in [7, 11) is 0. The van der Waals surface area contributed by atoms with Crippen LogP contribution in [-0.4, -0.2) is 82.2 Å². The van der Waals surface area contributed by atoms with Crippen LogP contribution in [0, 0.1) is 17.8 Å². The highest BCUT2D eigenvalue weighted by molar-refractivity contribution is 6.04. The van der Waals surface area contributed by atoms with E-state index in [1.54, 1.807) is 9.80 Å². The van der Waals surface area contributed by atoms with Crippen molar-refractivity contribution in [2.75, 3.05) is 31.1 Å². The molecule has 0 bridgehead atoms. The maximum atomic E-state index is 14.6. The Kier molecular flexibility index (Phi) is 7.94. The fourth-order valence-corrected chi connectivity index (χ4v) is 7.32. The number of fused-ring (bicyclic) bond motifs is 2. The van der Waals surface area contributed by atoms with E-state index < -0.39 is 35.1 Å². The van der Waals surface area contributed by atoms with Crippen molar-refractivity contribution in [1.29, 1.82) is 0 Å². The predicted octanol–water partition coefficient (Wildman–Crippen LogP) is 3.56. The molecular formula is C32H43N3O5. The van der Waals surface area contributed by atoms with Gasteiger partial charge in [-0.05, 0) is 30.9 Å². The molecule has 0 aliphatic carbocycles. The molecule has 2 fully saturated rings. The average Bonchev–Trinajstić information content (AvgIpc) is 3.24. The van der Waals surface area contributed by atoms with Gasteiger partial charge in [-0.3, -0.25) is 14.4 Å². The molecule has 0 aromatic heterocycles. The highest BCUT2D eigenvalue weighted by Gasteiger charge is 2.76. The topological polar surface area (TPSA) is 90.4 Å². The number of ether oxygens (including phenoxy) is 1. The molecule has 1 unspecified atom stereocenters. The zero-order valence-corrected chi connectivity index (χ0v) is 24.2. The van der Waals surface area contributed by atoms with Crippen LogP contribution in [0.4, 0.5) is 5.69 Å². The summed E-state index contributed by atoms with van der Waals surface area (Å²) < 4.78 is 7.04. The normalized spacial score (nSPS) is 32.3. The third-order valence-corrected chi connectivity index (χ3v) is 9.37. The van der Waals surface area contributed by atoms with Crippen molar-refractivity contribution in [1.82, 2.24) is 9.80 Å². The van der Waals surface area contributed by atoms with E-state index in [1.165, 1.54) is 0 Å². The Morgan fingerprint density at radius 2 is 1.68 bits per heavy atom. The molecule has 1 spiro atoms. The van der Waals surface area contributed by atoms with Crippen molar-refractivity contribution < 1.29 is 24.2 Å². The van der Waals surface area contributed by atoms with Crippen LogP contribution in [0.3, 0.4) is 0 Å². The van der Waals surface area contributed by atoms with Gasteiger partial charge in [0.05, 0.1) is 30.1 Å². The number of para-hydroxylation sites is 1. The van der Waals surface area contributed by atoms with Crippen molar-refractivity contribution in [2.24, 2.45) is 17.8 Å². The predicted molar refractivity (Wildman–Crippen MR) is 153 cm³/mol. The molecule has 6 atom stereocenters. The van der Waals surface area contributed by atoms with Gasteiger partial charge in [-0.1, -0.05) is 83.0 Å². The summed E-state index contributed by atoms with van der Waals surface area (Å²) >= 11 is 0. The number of amides is 3. The first-order valence-electron chi connectivity index (χ1n) is 14.9. The molecule has 0 saturated carbocycles. The van der Waals surface area contributed by atoms with E-state index in [1.807, 2.05) is 80.3 Å². The Labute approximate surface area is 237 Å². The SMILES string of the molecule is CCCCCN1CC=C[C@]23O[C@@]4(CC)C=CCN(c5ccccc5)C(=O)[C@H]4[C@H]2C(=O)N([C@@H](CO)C(C)C)C3C1=O. The Morgan fingerprint density at radius 3 is 2.33 bits per heavy atom. The lowest BCUT2D eigenvalue weighted by atomic mass is 9.73. The van der Waals surface area contributed by atoms with Crippen molar-refractivity contribution in [3.05, 3.63) is 54.6 Å². The van der Waals surface area contributed by atoms with Gasteiger partial charge in [0.15, 0.2) is 0 Å². The monoisotopic (exact) mass is 549 g/mol. The quantitative estimate of drug-likeness (QED) is 0.376. The van der Waals surface area contributed by atoms with Crippen molar-refractivity contribution in [3.8, 4) is 0 Å². The van der Waals surface area contributed by atoms with E-state index in [0.29, 0.717) is 26.1 Å². The number of rotatable bonds is 9. The van der Waals surface area contributed by atoms with E-state index in [-0.39, 0.29) is 30.2 Å². The van der Waals surface area contributed by atoms with Gasteiger partial charge in [0.1, 0.15) is 11.6 Å². The molecule has 4 aliphatic rings. The first-order valence-corrected chi connectivity index (χ1v) is 14.9. The molecule has 4 heterocycles. The van der Waals surface area contributed by atoms with Crippen LogP contribution < -0.4 is 4.90 Å². The Hall–Kier alpha value is -2.97. The summed E-state index contributed by atoms with van der Waals surface area (Å²) in [5.41, 5.74) is -1.58. The van der Waals surface area contributed by atoms with Crippen LogP contribution in [-0.2, 0) is 19.1 Å². The fourth-order valence-electron chi connectivity index (χ4n) is 7.32. The van der Waals surface area contributed by atoms with Gasteiger partial charge >= 0.3 is 0 Å². The summed E-state index contributed by atoms with van der Waals surface area (Å²) in [4.78, 5) is 48.6. The smallest absolute Gasteiger partial charge is 0.249 e. The van der Waals surface area contributed by atoms with Crippen LogP contribution in [0.25, 0.3) is 0 Å². The lowest BCUT2D eigenvalue weighted by molar-refractivity contribution is -0.156. The number of aliphatic hydroxyl groups is 1. The molecule has 4 aliphatic heterocycles. The zero-order valence-electron chi connectivity index (χ0n) is 24.2. The summed E-state index contributed by atoms with van der Waals surface area (Å²) in [5.74, 6) is -2.43. The molecule has 40 heavy (non-hydrogen) atoms. The molecule has 0 radical (unpaired) electrons. The van der Waals surface area contributed by atoms with Gasteiger partial charge < -0.3 is 24.5 Å². The maximum absolute atomic E-state index is 14.6.